The van der Waals surface area contributed by atoms with Crippen LogP contribution in [0.3, 0.4) is 0 Å². The van der Waals surface area contributed by atoms with E-state index < -0.39 is 8.24 Å². The van der Waals surface area contributed by atoms with Gasteiger partial charge in [-0.25, -0.2) is 0 Å². The second kappa shape index (κ2) is 2.52. The fourth-order valence-electron chi connectivity index (χ4n) is 1.73. The van der Waals surface area contributed by atoms with Crippen LogP contribution >= 0.6 is 0 Å². The van der Waals surface area contributed by atoms with E-state index in [9.17, 15) is 0 Å². The van der Waals surface area contributed by atoms with Crippen molar-refractivity contribution in [2.45, 2.75) is 33.5 Å². The van der Waals surface area contributed by atoms with Gasteiger partial charge >= 0.3 is 0 Å². The molecule has 0 fully saturated rings. The van der Waals surface area contributed by atoms with Crippen molar-refractivity contribution in [3.05, 3.63) is 23.5 Å². The van der Waals surface area contributed by atoms with Crippen molar-refractivity contribution in [1.82, 2.24) is 4.23 Å². The van der Waals surface area contributed by atoms with Crippen LogP contribution in [0.25, 0.3) is 0 Å². The lowest BCUT2D eigenvalue weighted by Gasteiger charge is -2.23. The van der Waals surface area contributed by atoms with Gasteiger partial charge in [0.05, 0.1) is 0 Å². The zero-order valence-electron chi connectivity index (χ0n) is 8.10. The molecule has 2 heteroatoms. The van der Waals surface area contributed by atoms with E-state index in [0.29, 0.717) is 0 Å². The molecular weight excluding hydrogens is 150 g/mol. The molecular formula is C9H17NSi. The molecule has 1 nitrogen and oxygen atoms in total. The third kappa shape index (κ3) is 1.56. The van der Waals surface area contributed by atoms with E-state index in [1.165, 1.54) is 11.4 Å². The van der Waals surface area contributed by atoms with Gasteiger partial charge in [-0.15, -0.1) is 0 Å². The van der Waals surface area contributed by atoms with Crippen molar-refractivity contribution < 1.29 is 0 Å². The van der Waals surface area contributed by atoms with Crippen molar-refractivity contribution in [3.63, 3.8) is 0 Å². The van der Waals surface area contributed by atoms with Gasteiger partial charge in [0.1, 0.15) is 0 Å². The first-order chi connectivity index (χ1) is 4.93. The Kier molecular flexibility index (Phi) is 1.97. The highest BCUT2D eigenvalue weighted by molar-refractivity contribution is 6.74. The first-order valence-electron chi connectivity index (χ1n) is 4.08. The molecule has 1 aromatic rings. The van der Waals surface area contributed by atoms with Crippen LogP contribution in [0.5, 0.6) is 0 Å². The van der Waals surface area contributed by atoms with Crippen LogP contribution in [0.4, 0.5) is 0 Å². The van der Waals surface area contributed by atoms with Crippen molar-refractivity contribution in [3.8, 4) is 0 Å². The molecule has 11 heavy (non-hydrogen) atoms. The van der Waals surface area contributed by atoms with Crippen LogP contribution in [-0.2, 0) is 0 Å². The van der Waals surface area contributed by atoms with Crippen LogP contribution in [-0.4, -0.2) is 12.5 Å². The summed E-state index contributed by atoms with van der Waals surface area (Å²) in [6.07, 6.45) is 0. The summed E-state index contributed by atoms with van der Waals surface area (Å²) in [5.41, 5.74) is 2.81. The molecule has 0 aliphatic rings. The number of hydrogen-bond acceptors (Lipinski definition) is 0. The predicted octanol–water partition coefficient (Wildman–Crippen LogP) is 2.79. The molecule has 1 rings (SSSR count). The molecule has 0 spiro atoms. The number of hydrogen-bond donors (Lipinski definition) is 0. The Morgan fingerprint density at radius 3 is 1.55 bits per heavy atom. The molecule has 0 radical (unpaired) electrons. The number of nitrogens with zero attached hydrogens (tertiary/aromatic N) is 1. The summed E-state index contributed by atoms with van der Waals surface area (Å²) in [7, 11) is -1.15. The average molecular weight is 167 g/mol. The molecule has 1 aromatic heterocycles. The summed E-state index contributed by atoms with van der Waals surface area (Å²) in [6, 6.07) is 4.40. The summed E-state index contributed by atoms with van der Waals surface area (Å²) in [6.45, 7) is 11.5. The van der Waals surface area contributed by atoms with Crippen molar-refractivity contribution >= 4 is 8.24 Å². The summed E-state index contributed by atoms with van der Waals surface area (Å²) < 4.78 is 2.49. The summed E-state index contributed by atoms with van der Waals surface area (Å²) in [5.74, 6) is 0. The molecule has 0 saturated carbocycles. The van der Waals surface area contributed by atoms with Gasteiger partial charge in [-0.05, 0) is 26.0 Å². The van der Waals surface area contributed by atoms with E-state index in [1.807, 2.05) is 0 Å². The second-order valence-electron chi connectivity index (χ2n) is 4.12. The maximum atomic E-state index is 2.49. The van der Waals surface area contributed by atoms with E-state index >= 15 is 0 Å². The predicted molar refractivity (Wildman–Crippen MR) is 52.7 cm³/mol. The summed E-state index contributed by atoms with van der Waals surface area (Å²) >= 11 is 0. The molecule has 62 valence electrons. The van der Waals surface area contributed by atoms with E-state index in [0.717, 1.165) is 0 Å². The normalized spacial score (nSPS) is 12.1. The van der Waals surface area contributed by atoms with Crippen LogP contribution < -0.4 is 0 Å². The highest BCUT2D eigenvalue weighted by Crippen LogP contribution is 2.14. The van der Waals surface area contributed by atoms with Crippen LogP contribution in [0.15, 0.2) is 12.1 Å². The second-order valence-corrected chi connectivity index (χ2v) is 8.91. The van der Waals surface area contributed by atoms with Crippen molar-refractivity contribution in [1.29, 1.82) is 0 Å². The lowest BCUT2D eigenvalue weighted by Crippen LogP contribution is -2.33. The van der Waals surface area contributed by atoms with Crippen LogP contribution in [0.1, 0.15) is 11.4 Å². The molecule has 0 aliphatic heterocycles. The molecule has 0 atom stereocenters. The van der Waals surface area contributed by atoms with E-state index in [1.54, 1.807) is 0 Å². The minimum atomic E-state index is -1.15. The number of aryl methyl sites for hydroxylation is 2. The smallest absolute Gasteiger partial charge is 0.152 e. The lowest BCUT2D eigenvalue weighted by atomic mass is 10.5. The number of aromatic nitrogens is 1. The van der Waals surface area contributed by atoms with Gasteiger partial charge in [0.15, 0.2) is 8.24 Å². The van der Waals surface area contributed by atoms with Crippen molar-refractivity contribution in [2.24, 2.45) is 0 Å². The SMILES string of the molecule is Cc1ccc(C)n1[Si](C)(C)C. The third-order valence-electron chi connectivity index (χ3n) is 1.94. The van der Waals surface area contributed by atoms with E-state index in [-0.39, 0.29) is 0 Å². The van der Waals surface area contributed by atoms with E-state index in [2.05, 4.69) is 49.9 Å². The van der Waals surface area contributed by atoms with E-state index in [4.69, 9.17) is 0 Å². The standard InChI is InChI=1S/C9H17NSi/c1-8-6-7-9(2)10(8)11(3,4)5/h6-7H,1-5H3. The zero-order chi connectivity index (χ0) is 8.65. The minimum absolute atomic E-state index is 1.15. The highest BCUT2D eigenvalue weighted by Gasteiger charge is 2.18. The lowest BCUT2D eigenvalue weighted by molar-refractivity contribution is 1.02. The molecule has 0 aliphatic carbocycles. The first-order valence-corrected chi connectivity index (χ1v) is 7.53. The fraction of sp³-hybridized carbons (Fsp3) is 0.556. The molecule has 0 saturated heterocycles. The topological polar surface area (TPSA) is 4.93 Å². The van der Waals surface area contributed by atoms with Gasteiger partial charge in [-0.2, -0.15) is 0 Å². The van der Waals surface area contributed by atoms with Gasteiger partial charge in [0.25, 0.3) is 0 Å². The Labute approximate surface area is 70.1 Å². The summed E-state index contributed by atoms with van der Waals surface area (Å²) in [5, 5.41) is 0. The van der Waals surface area contributed by atoms with Gasteiger partial charge in [-0.1, -0.05) is 19.6 Å². The Morgan fingerprint density at radius 2 is 1.36 bits per heavy atom. The quantitative estimate of drug-likeness (QED) is 0.567. The minimum Gasteiger partial charge on any atom is -0.376 e. The molecule has 0 aromatic carbocycles. The monoisotopic (exact) mass is 167 g/mol. The van der Waals surface area contributed by atoms with Gasteiger partial charge in [0.2, 0.25) is 0 Å². The fourth-order valence-corrected chi connectivity index (χ4v) is 3.99. The van der Waals surface area contributed by atoms with Crippen LogP contribution in [0.2, 0.25) is 19.6 Å². The molecule has 0 bridgehead atoms. The molecule has 0 N–H and O–H groups in total. The highest BCUT2D eigenvalue weighted by atomic mass is 28.3. The first kappa shape index (κ1) is 8.59. The van der Waals surface area contributed by atoms with Crippen LogP contribution in [0, 0.1) is 13.8 Å². The Balaban J connectivity index is 3.21. The van der Waals surface area contributed by atoms with Gasteiger partial charge in [-0.3, -0.25) is 0 Å². The average Bonchev–Trinajstić information content (AvgIpc) is 2.08. The third-order valence-corrected chi connectivity index (χ3v) is 3.99. The Hall–Kier alpha value is -0.503. The van der Waals surface area contributed by atoms with Gasteiger partial charge in [0, 0.05) is 11.4 Å². The maximum Gasteiger partial charge on any atom is 0.152 e. The molecule has 0 amide bonds. The largest absolute Gasteiger partial charge is 0.376 e. The Morgan fingerprint density at radius 1 is 1.00 bits per heavy atom. The molecule has 0 unspecified atom stereocenters. The van der Waals surface area contributed by atoms with Crippen molar-refractivity contribution in [2.75, 3.05) is 0 Å². The number of rotatable bonds is 1. The van der Waals surface area contributed by atoms with Gasteiger partial charge < -0.3 is 4.23 Å². The maximum absolute atomic E-state index is 2.49. The summed E-state index contributed by atoms with van der Waals surface area (Å²) in [4.78, 5) is 0. The Bertz CT molecular complexity index is 236. The zero-order valence-corrected chi connectivity index (χ0v) is 9.10. The molecule has 1 heterocycles.